The molecule has 0 aliphatic heterocycles. The van der Waals surface area contributed by atoms with Gasteiger partial charge in [0, 0.05) is 30.8 Å². The summed E-state index contributed by atoms with van der Waals surface area (Å²) in [5.74, 6) is 0.956. The first kappa shape index (κ1) is 21.7. The number of amides is 1. The Morgan fingerprint density at radius 2 is 1.67 bits per heavy atom. The number of aromatic nitrogens is 2. The number of hydrogen-bond donors (Lipinski definition) is 0. The standard InChI is InChI=1S/C28H28ClN3O/c1-31(22-9-3-2-4-10-22)28(33)21-17-15-20(16-18-21)19-32-26-14-8-7-13-25(26)30-27(32)23-11-5-6-12-24(23)29/h5-8,11-18,22H,2-4,9-10,19H2,1H3. The topological polar surface area (TPSA) is 38.1 Å². The number of imidazole rings is 1. The third-order valence-electron chi connectivity index (χ3n) is 6.75. The lowest BCUT2D eigenvalue weighted by Crippen LogP contribution is -2.38. The van der Waals surface area contributed by atoms with E-state index in [1.807, 2.05) is 78.7 Å². The molecule has 1 fully saturated rings. The summed E-state index contributed by atoms with van der Waals surface area (Å²) in [5.41, 5.74) is 4.77. The summed E-state index contributed by atoms with van der Waals surface area (Å²) in [6, 6.07) is 24.3. The van der Waals surface area contributed by atoms with Crippen LogP contribution in [0.2, 0.25) is 5.02 Å². The molecule has 1 amide bonds. The molecule has 1 saturated carbocycles. The first-order valence-electron chi connectivity index (χ1n) is 11.7. The highest BCUT2D eigenvalue weighted by Crippen LogP contribution is 2.31. The van der Waals surface area contributed by atoms with Crippen molar-refractivity contribution in [1.29, 1.82) is 0 Å². The molecule has 1 heterocycles. The maximum atomic E-state index is 13.0. The summed E-state index contributed by atoms with van der Waals surface area (Å²) in [6.45, 7) is 0.647. The summed E-state index contributed by atoms with van der Waals surface area (Å²) in [6.07, 6.45) is 5.94. The fraction of sp³-hybridized carbons (Fsp3) is 0.286. The molecular weight excluding hydrogens is 430 g/mol. The number of fused-ring (bicyclic) bond motifs is 1. The van der Waals surface area contributed by atoms with Crippen LogP contribution in [0.25, 0.3) is 22.4 Å². The highest BCUT2D eigenvalue weighted by molar-refractivity contribution is 6.33. The van der Waals surface area contributed by atoms with E-state index in [9.17, 15) is 4.79 Å². The van der Waals surface area contributed by atoms with Crippen molar-refractivity contribution in [2.75, 3.05) is 7.05 Å². The van der Waals surface area contributed by atoms with Crippen LogP contribution in [0, 0.1) is 0 Å². The van der Waals surface area contributed by atoms with Crippen LogP contribution in [-0.2, 0) is 6.54 Å². The number of carbonyl (C=O) groups excluding carboxylic acids is 1. The van der Waals surface area contributed by atoms with E-state index in [1.165, 1.54) is 19.3 Å². The van der Waals surface area contributed by atoms with Crippen LogP contribution in [0.1, 0.15) is 48.0 Å². The number of rotatable bonds is 5. The van der Waals surface area contributed by atoms with E-state index >= 15 is 0 Å². The minimum absolute atomic E-state index is 0.110. The van der Waals surface area contributed by atoms with Gasteiger partial charge in [-0.3, -0.25) is 4.79 Å². The summed E-state index contributed by atoms with van der Waals surface area (Å²) >= 11 is 6.52. The second kappa shape index (κ2) is 9.40. The summed E-state index contributed by atoms with van der Waals surface area (Å²) in [5, 5.41) is 0.681. The molecule has 0 atom stereocenters. The molecule has 1 aliphatic rings. The number of nitrogens with zero attached hydrogens (tertiary/aromatic N) is 3. The van der Waals surface area contributed by atoms with Gasteiger partial charge in [0.05, 0.1) is 16.1 Å². The van der Waals surface area contributed by atoms with Crippen molar-refractivity contribution >= 4 is 28.5 Å². The fourth-order valence-corrected chi connectivity index (χ4v) is 5.08. The van der Waals surface area contributed by atoms with Gasteiger partial charge < -0.3 is 9.47 Å². The molecule has 0 N–H and O–H groups in total. The monoisotopic (exact) mass is 457 g/mol. The third-order valence-corrected chi connectivity index (χ3v) is 7.08. The molecule has 4 nitrogen and oxygen atoms in total. The van der Waals surface area contributed by atoms with Crippen molar-refractivity contribution in [3.63, 3.8) is 0 Å². The Morgan fingerprint density at radius 3 is 2.42 bits per heavy atom. The molecule has 0 saturated heterocycles. The molecule has 5 heteroatoms. The van der Waals surface area contributed by atoms with Crippen LogP contribution < -0.4 is 0 Å². The van der Waals surface area contributed by atoms with Crippen molar-refractivity contribution < 1.29 is 4.79 Å². The van der Waals surface area contributed by atoms with Crippen molar-refractivity contribution in [2.24, 2.45) is 0 Å². The van der Waals surface area contributed by atoms with Crippen LogP contribution in [-0.4, -0.2) is 33.4 Å². The molecule has 0 radical (unpaired) electrons. The zero-order valence-electron chi connectivity index (χ0n) is 18.9. The summed E-state index contributed by atoms with van der Waals surface area (Å²) in [4.78, 5) is 19.8. The van der Waals surface area contributed by atoms with E-state index in [2.05, 4.69) is 10.6 Å². The highest BCUT2D eigenvalue weighted by atomic mass is 35.5. The average molecular weight is 458 g/mol. The maximum absolute atomic E-state index is 13.0. The van der Waals surface area contributed by atoms with Gasteiger partial charge in [-0.15, -0.1) is 0 Å². The van der Waals surface area contributed by atoms with E-state index in [-0.39, 0.29) is 5.91 Å². The van der Waals surface area contributed by atoms with Gasteiger partial charge in [0.1, 0.15) is 5.82 Å². The van der Waals surface area contributed by atoms with Crippen molar-refractivity contribution in [3.05, 3.63) is 88.9 Å². The Bertz CT molecular complexity index is 1270. The maximum Gasteiger partial charge on any atom is 0.253 e. The van der Waals surface area contributed by atoms with E-state index in [4.69, 9.17) is 16.6 Å². The van der Waals surface area contributed by atoms with Gasteiger partial charge in [-0.1, -0.05) is 67.3 Å². The smallest absolute Gasteiger partial charge is 0.253 e. The number of para-hydroxylation sites is 2. The largest absolute Gasteiger partial charge is 0.339 e. The molecule has 5 rings (SSSR count). The van der Waals surface area contributed by atoms with Gasteiger partial charge in [-0.25, -0.2) is 4.98 Å². The Labute approximate surface area is 199 Å². The predicted octanol–water partition coefficient (Wildman–Crippen LogP) is 6.81. The minimum Gasteiger partial charge on any atom is -0.339 e. The van der Waals surface area contributed by atoms with Gasteiger partial charge >= 0.3 is 0 Å². The van der Waals surface area contributed by atoms with Crippen molar-refractivity contribution in [2.45, 2.75) is 44.7 Å². The first-order valence-corrected chi connectivity index (χ1v) is 12.1. The average Bonchev–Trinajstić information content (AvgIpc) is 3.22. The van der Waals surface area contributed by atoms with Crippen molar-refractivity contribution in [1.82, 2.24) is 14.5 Å². The van der Waals surface area contributed by atoms with Gasteiger partial charge in [0.25, 0.3) is 5.91 Å². The van der Waals surface area contributed by atoms with Crippen LogP contribution >= 0.6 is 11.6 Å². The molecular formula is C28H28ClN3O. The number of carbonyl (C=O) groups is 1. The lowest BCUT2D eigenvalue weighted by molar-refractivity contribution is 0.0696. The van der Waals surface area contributed by atoms with Gasteiger partial charge in [0.2, 0.25) is 0 Å². The molecule has 0 unspecified atom stereocenters. The van der Waals surface area contributed by atoms with Crippen LogP contribution in [0.4, 0.5) is 0 Å². The van der Waals surface area contributed by atoms with Crippen LogP contribution in [0.15, 0.2) is 72.8 Å². The molecule has 33 heavy (non-hydrogen) atoms. The molecule has 1 aliphatic carbocycles. The van der Waals surface area contributed by atoms with Crippen molar-refractivity contribution in [3.8, 4) is 11.4 Å². The molecule has 0 spiro atoms. The molecule has 3 aromatic carbocycles. The summed E-state index contributed by atoms with van der Waals surface area (Å²) < 4.78 is 2.20. The first-order chi connectivity index (χ1) is 16.1. The summed E-state index contributed by atoms with van der Waals surface area (Å²) in [7, 11) is 1.94. The Balaban J connectivity index is 1.43. The van der Waals surface area contributed by atoms with E-state index in [0.717, 1.165) is 46.4 Å². The minimum atomic E-state index is 0.110. The number of hydrogen-bond acceptors (Lipinski definition) is 2. The Hall–Kier alpha value is -3.11. The van der Waals surface area contributed by atoms with E-state index in [1.54, 1.807) is 0 Å². The van der Waals surface area contributed by atoms with E-state index < -0.39 is 0 Å². The molecule has 0 bridgehead atoms. The van der Waals surface area contributed by atoms with E-state index in [0.29, 0.717) is 17.6 Å². The Morgan fingerprint density at radius 1 is 0.970 bits per heavy atom. The second-order valence-corrected chi connectivity index (χ2v) is 9.30. The van der Waals surface area contributed by atoms with Gasteiger partial charge in [0.15, 0.2) is 0 Å². The van der Waals surface area contributed by atoms with Gasteiger partial charge in [-0.05, 0) is 54.8 Å². The molecule has 1 aromatic heterocycles. The quantitative estimate of drug-likeness (QED) is 0.330. The SMILES string of the molecule is CN(C(=O)c1ccc(Cn2c(-c3ccccc3Cl)nc3ccccc32)cc1)C1CCCCC1. The second-order valence-electron chi connectivity index (χ2n) is 8.89. The zero-order chi connectivity index (χ0) is 22.8. The number of benzene rings is 3. The van der Waals surface area contributed by atoms with Gasteiger partial charge in [-0.2, -0.15) is 0 Å². The molecule has 4 aromatic rings. The number of halogens is 1. The predicted molar refractivity (Wildman–Crippen MR) is 135 cm³/mol. The fourth-order valence-electron chi connectivity index (χ4n) is 4.86. The normalized spacial score (nSPS) is 14.5. The third kappa shape index (κ3) is 4.40. The molecule has 168 valence electrons. The van der Waals surface area contributed by atoms with Crippen LogP contribution in [0.3, 0.4) is 0 Å². The van der Waals surface area contributed by atoms with Crippen LogP contribution in [0.5, 0.6) is 0 Å². The highest BCUT2D eigenvalue weighted by Gasteiger charge is 2.23. The lowest BCUT2D eigenvalue weighted by atomic mass is 9.94. The lowest BCUT2D eigenvalue weighted by Gasteiger charge is -2.31. The zero-order valence-corrected chi connectivity index (χ0v) is 19.6. The Kier molecular flexibility index (Phi) is 6.19.